The van der Waals surface area contributed by atoms with Gasteiger partial charge in [0.2, 0.25) is 0 Å². The van der Waals surface area contributed by atoms with Crippen LogP contribution in [0.1, 0.15) is 0 Å². The molecule has 6 aromatic rings. The van der Waals surface area contributed by atoms with Crippen molar-refractivity contribution in [2.24, 2.45) is 0 Å². The smallest absolute Gasteiger partial charge is 0.115 e. The molecule has 0 bridgehead atoms. The van der Waals surface area contributed by atoms with Crippen molar-refractivity contribution in [2.45, 2.75) is 0 Å². The van der Waals surface area contributed by atoms with Gasteiger partial charge in [-0.25, -0.2) is 0 Å². The molecule has 6 aromatic carbocycles. The number of benzene rings is 6. The monoisotopic (exact) mass is 612 g/mol. The maximum Gasteiger partial charge on any atom is 0.115 e. The van der Waals surface area contributed by atoms with Gasteiger partial charge < -0.3 is 30.6 Å². The molecule has 0 unspecified atom stereocenters. The third kappa shape index (κ3) is 24.4. The van der Waals surface area contributed by atoms with Crippen LogP contribution in [0.3, 0.4) is 0 Å². The van der Waals surface area contributed by atoms with Crippen LogP contribution in [-0.4, -0.2) is 30.6 Å². The normalized spacial score (nSPS) is 8.37. The molecule has 0 atom stereocenters. The minimum Gasteiger partial charge on any atom is -0.508 e. The van der Waals surface area contributed by atoms with E-state index in [1.54, 1.807) is 146 Å². The van der Waals surface area contributed by atoms with Crippen LogP contribution in [0.5, 0.6) is 34.5 Å². The Morgan fingerprint density at radius 2 is 0.279 bits per heavy atom. The van der Waals surface area contributed by atoms with E-state index >= 15 is 0 Å². The van der Waals surface area contributed by atoms with Crippen LogP contribution in [-0.2, 0) is 21.7 Å². The summed E-state index contributed by atoms with van der Waals surface area (Å²) in [4.78, 5) is 0. The van der Waals surface area contributed by atoms with Crippen molar-refractivity contribution in [3.05, 3.63) is 182 Å². The Kier molecular flexibility index (Phi) is 22.7. The zero-order valence-corrected chi connectivity index (χ0v) is 25.1. The predicted octanol–water partition coefficient (Wildman–Crippen LogP) is 8.35. The standard InChI is InChI=1S/6C6H6O.Ti/c6*7-6-4-2-1-3-5-6;/h6*1-5,7H;. The Morgan fingerprint density at radius 3 is 0.326 bits per heavy atom. The van der Waals surface area contributed by atoms with Crippen molar-refractivity contribution in [2.75, 3.05) is 0 Å². The summed E-state index contributed by atoms with van der Waals surface area (Å²) in [7, 11) is 0. The van der Waals surface area contributed by atoms with E-state index in [1.807, 2.05) is 36.4 Å². The number of rotatable bonds is 0. The van der Waals surface area contributed by atoms with Crippen LogP contribution < -0.4 is 0 Å². The Labute approximate surface area is 268 Å². The quantitative estimate of drug-likeness (QED) is 0.0960. The van der Waals surface area contributed by atoms with E-state index in [2.05, 4.69) is 0 Å². The van der Waals surface area contributed by atoms with E-state index in [-0.39, 0.29) is 21.7 Å². The van der Waals surface area contributed by atoms with E-state index < -0.39 is 0 Å². The molecule has 0 saturated carbocycles. The molecule has 43 heavy (non-hydrogen) atoms. The molecular weight excluding hydrogens is 576 g/mol. The molecule has 6 nitrogen and oxygen atoms in total. The van der Waals surface area contributed by atoms with Crippen molar-refractivity contribution >= 4 is 0 Å². The van der Waals surface area contributed by atoms with Gasteiger partial charge in [0.25, 0.3) is 0 Å². The summed E-state index contributed by atoms with van der Waals surface area (Å²) in [5.74, 6) is 1.93. The first-order valence-electron chi connectivity index (χ1n) is 12.8. The first-order chi connectivity index (χ1) is 20.4. The molecule has 0 amide bonds. The molecule has 220 valence electrons. The van der Waals surface area contributed by atoms with E-state index in [1.165, 1.54) is 0 Å². The Balaban J connectivity index is 0.000000490. The van der Waals surface area contributed by atoms with Gasteiger partial charge in [-0.05, 0) is 72.8 Å². The molecule has 0 spiro atoms. The van der Waals surface area contributed by atoms with E-state index in [0.29, 0.717) is 34.5 Å². The molecule has 7 heteroatoms. The zero-order valence-electron chi connectivity index (χ0n) is 23.5. The first kappa shape index (κ1) is 37.8. The van der Waals surface area contributed by atoms with Gasteiger partial charge in [0.15, 0.2) is 0 Å². The van der Waals surface area contributed by atoms with E-state index in [9.17, 15) is 0 Å². The minimum atomic E-state index is 0. The maximum absolute atomic E-state index is 8.63. The zero-order chi connectivity index (χ0) is 30.7. The van der Waals surface area contributed by atoms with Crippen molar-refractivity contribution in [1.82, 2.24) is 0 Å². The molecule has 0 heterocycles. The third-order valence-corrected chi connectivity index (χ3v) is 4.54. The Hall–Kier alpha value is -5.17. The average molecular weight is 613 g/mol. The van der Waals surface area contributed by atoms with Crippen molar-refractivity contribution < 1.29 is 52.4 Å². The van der Waals surface area contributed by atoms with Crippen LogP contribution in [0.25, 0.3) is 0 Å². The van der Waals surface area contributed by atoms with Gasteiger partial charge in [-0.15, -0.1) is 0 Å². The third-order valence-electron chi connectivity index (χ3n) is 4.54. The van der Waals surface area contributed by atoms with Crippen LogP contribution in [0.15, 0.2) is 182 Å². The van der Waals surface area contributed by atoms with Crippen LogP contribution >= 0.6 is 0 Å². The number of para-hydroxylation sites is 6. The molecule has 6 N–H and O–H groups in total. The molecule has 0 aliphatic heterocycles. The molecule has 0 aromatic heterocycles. The number of phenols is 6. The van der Waals surface area contributed by atoms with Crippen LogP contribution in [0.2, 0.25) is 0 Å². The summed E-state index contributed by atoms with van der Waals surface area (Å²) in [6.07, 6.45) is 0. The van der Waals surface area contributed by atoms with E-state index in [0.717, 1.165) is 0 Å². The second-order valence-electron chi connectivity index (χ2n) is 8.01. The molecule has 0 radical (unpaired) electrons. The number of aromatic hydroxyl groups is 6. The predicted molar refractivity (Wildman–Crippen MR) is 169 cm³/mol. The van der Waals surface area contributed by atoms with Gasteiger partial charge in [0, 0.05) is 21.7 Å². The van der Waals surface area contributed by atoms with Gasteiger partial charge in [0.05, 0.1) is 0 Å². The van der Waals surface area contributed by atoms with Crippen LogP contribution in [0, 0.1) is 0 Å². The van der Waals surface area contributed by atoms with Gasteiger partial charge in [0.1, 0.15) is 34.5 Å². The summed E-state index contributed by atoms with van der Waals surface area (Å²) in [6, 6.07) is 52.3. The van der Waals surface area contributed by atoms with Crippen LogP contribution in [0.4, 0.5) is 0 Å². The molecule has 0 saturated heterocycles. The van der Waals surface area contributed by atoms with E-state index in [4.69, 9.17) is 30.6 Å². The Bertz CT molecular complexity index is 1100. The topological polar surface area (TPSA) is 121 Å². The Morgan fingerprint density at radius 1 is 0.186 bits per heavy atom. The second kappa shape index (κ2) is 25.8. The summed E-state index contributed by atoms with van der Waals surface area (Å²) in [6.45, 7) is 0. The fraction of sp³-hybridized carbons (Fsp3) is 0. The van der Waals surface area contributed by atoms with Gasteiger partial charge in [-0.1, -0.05) is 109 Å². The van der Waals surface area contributed by atoms with Gasteiger partial charge >= 0.3 is 0 Å². The van der Waals surface area contributed by atoms with Crippen molar-refractivity contribution in [3.63, 3.8) is 0 Å². The number of hydrogen-bond acceptors (Lipinski definition) is 6. The SMILES string of the molecule is Oc1ccccc1.Oc1ccccc1.Oc1ccccc1.Oc1ccccc1.Oc1ccccc1.Oc1ccccc1.[Ti]. The summed E-state index contributed by atoms with van der Waals surface area (Å²) < 4.78 is 0. The van der Waals surface area contributed by atoms with Gasteiger partial charge in [-0.2, -0.15) is 0 Å². The second-order valence-corrected chi connectivity index (χ2v) is 8.01. The molecule has 0 aliphatic carbocycles. The largest absolute Gasteiger partial charge is 0.508 e. The fourth-order valence-electron chi connectivity index (χ4n) is 2.57. The van der Waals surface area contributed by atoms with Crippen molar-refractivity contribution in [3.8, 4) is 34.5 Å². The number of hydrogen-bond donors (Lipinski definition) is 6. The minimum absolute atomic E-state index is 0. The summed E-state index contributed by atoms with van der Waals surface area (Å²) >= 11 is 0. The average Bonchev–Trinajstić information content (AvgIpc) is 3.01. The summed E-state index contributed by atoms with van der Waals surface area (Å²) in [5.41, 5.74) is 0. The molecule has 0 aliphatic rings. The fourth-order valence-corrected chi connectivity index (χ4v) is 2.57. The molecule has 6 rings (SSSR count). The molecule has 0 fully saturated rings. The molecular formula is C36H36O6Ti. The van der Waals surface area contributed by atoms with Crippen molar-refractivity contribution in [1.29, 1.82) is 0 Å². The first-order valence-corrected chi connectivity index (χ1v) is 12.8. The maximum atomic E-state index is 8.63. The van der Waals surface area contributed by atoms with Gasteiger partial charge in [-0.3, -0.25) is 0 Å². The number of phenolic OH excluding ortho intramolecular Hbond substituents is 6. The summed E-state index contributed by atoms with van der Waals surface area (Å²) in [5, 5.41) is 51.8.